The highest BCUT2D eigenvalue weighted by molar-refractivity contribution is 9.10. The van der Waals surface area contributed by atoms with E-state index in [1.165, 1.54) is 11.1 Å². The first-order valence-corrected chi connectivity index (χ1v) is 8.66. The minimum absolute atomic E-state index is 0.577. The monoisotopic (exact) mass is 361 g/mol. The van der Waals surface area contributed by atoms with Crippen molar-refractivity contribution < 1.29 is 4.74 Å². The summed E-state index contributed by atoms with van der Waals surface area (Å²) in [5.41, 5.74) is 3.60. The zero-order valence-electron chi connectivity index (χ0n) is 11.8. The number of hydrogen-bond donors (Lipinski definition) is 0. The largest absolute Gasteiger partial charge is 0.488 e. The van der Waals surface area contributed by atoms with Crippen molar-refractivity contribution in [3.63, 3.8) is 0 Å². The summed E-state index contributed by atoms with van der Waals surface area (Å²) in [7, 11) is 0. The van der Waals surface area contributed by atoms with Crippen LogP contribution < -0.4 is 4.74 Å². The van der Waals surface area contributed by atoms with Crippen LogP contribution >= 0.6 is 27.7 Å². The van der Waals surface area contributed by atoms with Crippen molar-refractivity contribution in [2.45, 2.75) is 13.5 Å². The lowest BCUT2D eigenvalue weighted by molar-refractivity contribution is 0.304. The molecule has 108 valence electrons. The molecule has 3 rings (SSSR count). The highest BCUT2D eigenvalue weighted by atomic mass is 79.9. The Morgan fingerprint density at radius 1 is 1.19 bits per heavy atom. The number of hydrogen-bond acceptors (Lipinski definition) is 3. The van der Waals surface area contributed by atoms with E-state index in [0.717, 1.165) is 33.1 Å². The molecule has 0 aromatic heterocycles. The molecule has 0 fully saturated rings. The second-order valence-electron chi connectivity index (χ2n) is 4.95. The zero-order valence-corrected chi connectivity index (χ0v) is 14.2. The second kappa shape index (κ2) is 6.67. The highest BCUT2D eigenvalue weighted by Crippen LogP contribution is 2.29. The summed E-state index contributed by atoms with van der Waals surface area (Å²) in [6, 6.07) is 14.6. The van der Waals surface area contributed by atoms with Crippen molar-refractivity contribution >= 4 is 32.7 Å². The molecule has 1 heterocycles. The van der Waals surface area contributed by atoms with E-state index >= 15 is 0 Å². The predicted molar refractivity (Wildman–Crippen MR) is 93.5 cm³/mol. The van der Waals surface area contributed by atoms with Crippen LogP contribution in [0.15, 0.2) is 51.9 Å². The molecule has 2 nitrogen and oxygen atoms in total. The number of nitrogens with zero attached hydrogens (tertiary/aromatic N) is 1. The van der Waals surface area contributed by atoms with Crippen molar-refractivity contribution in [1.29, 1.82) is 0 Å². The van der Waals surface area contributed by atoms with Crippen LogP contribution in [0.4, 0.5) is 0 Å². The van der Waals surface area contributed by atoms with Gasteiger partial charge in [0, 0.05) is 17.9 Å². The molecule has 0 bridgehead atoms. The van der Waals surface area contributed by atoms with Crippen molar-refractivity contribution in [2.24, 2.45) is 4.99 Å². The molecular formula is C17H16BrNOS. The number of halogens is 1. The molecule has 21 heavy (non-hydrogen) atoms. The average molecular weight is 362 g/mol. The molecule has 0 saturated carbocycles. The van der Waals surface area contributed by atoms with Gasteiger partial charge in [0.05, 0.1) is 9.52 Å². The molecule has 2 aromatic rings. The smallest absolute Gasteiger partial charge is 0.134 e. The van der Waals surface area contributed by atoms with Gasteiger partial charge in [-0.2, -0.15) is 0 Å². The summed E-state index contributed by atoms with van der Waals surface area (Å²) >= 11 is 5.40. The lowest BCUT2D eigenvalue weighted by Crippen LogP contribution is -1.98. The Morgan fingerprint density at radius 3 is 2.67 bits per heavy atom. The fourth-order valence-corrected chi connectivity index (χ4v) is 3.45. The van der Waals surface area contributed by atoms with Crippen molar-refractivity contribution in [2.75, 3.05) is 12.3 Å². The van der Waals surface area contributed by atoms with Gasteiger partial charge in [0.1, 0.15) is 12.4 Å². The normalized spacial score (nSPS) is 14.1. The highest BCUT2D eigenvalue weighted by Gasteiger charge is 2.11. The number of benzene rings is 2. The van der Waals surface area contributed by atoms with Gasteiger partial charge in [-0.15, -0.1) is 11.8 Å². The Morgan fingerprint density at radius 2 is 2.00 bits per heavy atom. The Hall–Kier alpha value is -1.26. The summed E-state index contributed by atoms with van der Waals surface area (Å²) in [6.45, 7) is 3.58. The minimum Gasteiger partial charge on any atom is -0.488 e. The molecule has 1 aliphatic heterocycles. The maximum atomic E-state index is 5.89. The molecule has 0 spiro atoms. The molecule has 0 N–H and O–H groups in total. The predicted octanol–water partition coefficient (Wildman–Crippen LogP) is 4.83. The van der Waals surface area contributed by atoms with E-state index in [-0.39, 0.29) is 0 Å². The van der Waals surface area contributed by atoms with E-state index in [0.29, 0.717) is 6.61 Å². The van der Waals surface area contributed by atoms with Gasteiger partial charge in [-0.25, -0.2) is 0 Å². The fraction of sp³-hybridized carbons (Fsp3) is 0.235. The van der Waals surface area contributed by atoms with Gasteiger partial charge in [0.2, 0.25) is 0 Å². The maximum absolute atomic E-state index is 5.89. The Labute approximate surface area is 137 Å². The molecule has 4 heteroatoms. The minimum atomic E-state index is 0.577. The van der Waals surface area contributed by atoms with Crippen LogP contribution in [0.2, 0.25) is 0 Å². The molecule has 2 aromatic carbocycles. The first-order chi connectivity index (χ1) is 10.2. The zero-order chi connectivity index (χ0) is 14.7. The molecule has 0 unspecified atom stereocenters. The summed E-state index contributed by atoms with van der Waals surface area (Å²) < 4.78 is 6.86. The van der Waals surface area contributed by atoms with E-state index in [9.17, 15) is 0 Å². The van der Waals surface area contributed by atoms with Gasteiger partial charge in [0.15, 0.2) is 0 Å². The lowest BCUT2D eigenvalue weighted by atomic mass is 10.2. The van der Waals surface area contributed by atoms with Gasteiger partial charge < -0.3 is 4.74 Å². The van der Waals surface area contributed by atoms with E-state index in [2.05, 4.69) is 64.2 Å². The van der Waals surface area contributed by atoms with E-state index in [1.54, 1.807) is 0 Å². The molecule has 0 amide bonds. The molecular weight excluding hydrogens is 346 g/mol. The van der Waals surface area contributed by atoms with Crippen LogP contribution in [0.1, 0.15) is 16.7 Å². The third-order valence-electron chi connectivity index (χ3n) is 3.28. The topological polar surface area (TPSA) is 21.6 Å². The molecule has 0 radical (unpaired) electrons. The quantitative estimate of drug-likeness (QED) is 0.777. The van der Waals surface area contributed by atoms with Crippen molar-refractivity contribution in [3.05, 3.63) is 63.6 Å². The summed E-state index contributed by atoms with van der Waals surface area (Å²) in [6.07, 6.45) is 0. The Bertz CT molecular complexity index is 667. The summed E-state index contributed by atoms with van der Waals surface area (Å²) in [4.78, 5) is 4.50. The van der Waals surface area contributed by atoms with Gasteiger partial charge in [-0.3, -0.25) is 4.99 Å². The first-order valence-electron chi connectivity index (χ1n) is 6.88. The third kappa shape index (κ3) is 3.69. The van der Waals surface area contributed by atoms with Crippen LogP contribution in [0, 0.1) is 6.92 Å². The number of aliphatic imine (C=N–C) groups is 1. The van der Waals surface area contributed by atoms with Crippen LogP contribution in [-0.2, 0) is 6.61 Å². The second-order valence-corrected chi connectivity index (χ2v) is 6.89. The van der Waals surface area contributed by atoms with Crippen molar-refractivity contribution in [1.82, 2.24) is 0 Å². The van der Waals surface area contributed by atoms with Gasteiger partial charge in [-0.05, 0) is 46.6 Å². The number of aryl methyl sites for hydroxylation is 1. The maximum Gasteiger partial charge on any atom is 0.134 e. The van der Waals surface area contributed by atoms with Crippen LogP contribution in [0.25, 0.3) is 0 Å². The molecule has 0 aliphatic carbocycles. The molecule has 1 aliphatic rings. The fourth-order valence-electron chi connectivity index (χ4n) is 2.11. The third-order valence-corrected chi connectivity index (χ3v) is 4.92. The summed E-state index contributed by atoms with van der Waals surface area (Å²) in [5.74, 6) is 1.95. The number of rotatable bonds is 4. The van der Waals surface area contributed by atoms with Crippen LogP contribution in [0.3, 0.4) is 0 Å². The standard InChI is InChI=1S/C17H16BrNOS/c1-12-2-4-13(5-3-12)11-20-16-7-6-14(10-15(16)18)17-19-8-9-21-17/h2-7,10H,8-9,11H2,1H3. The number of ether oxygens (including phenoxy) is 1. The first kappa shape index (κ1) is 14.7. The summed E-state index contributed by atoms with van der Waals surface area (Å²) in [5, 5.41) is 1.13. The van der Waals surface area contributed by atoms with Crippen LogP contribution in [-0.4, -0.2) is 17.3 Å². The van der Waals surface area contributed by atoms with Crippen LogP contribution in [0.5, 0.6) is 5.75 Å². The van der Waals surface area contributed by atoms with E-state index in [4.69, 9.17) is 4.74 Å². The lowest BCUT2D eigenvalue weighted by Gasteiger charge is -2.10. The molecule has 0 saturated heterocycles. The Kier molecular flexibility index (Phi) is 4.66. The van der Waals surface area contributed by atoms with Gasteiger partial charge in [-0.1, -0.05) is 29.8 Å². The average Bonchev–Trinajstić information content (AvgIpc) is 3.02. The van der Waals surface area contributed by atoms with Crippen molar-refractivity contribution in [3.8, 4) is 5.75 Å². The number of thioether (sulfide) groups is 1. The SMILES string of the molecule is Cc1ccc(COc2ccc(C3=NCCS3)cc2Br)cc1. The van der Waals surface area contributed by atoms with Gasteiger partial charge >= 0.3 is 0 Å². The van der Waals surface area contributed by atoms with Gasteiger partial charge in [0.25, 0.3) is 0 Å². The van der Waals surface area contributed by atoms with E-state index < -0.39 is 0 Å². The Balaban J connectivity index is 1.69. The molecule has 0 atom stereocenters. The van der Waals surface area contributed by atoms with E-state index in [1.807, 2.05) is 17.8 Å².